The zero-order valence-corrected chi connectivity index (χ0v) is 14.7. The van der Waals surface area contributed by atoms with Gasteiger partial charge >= 0.3 is 0 Å². The van der Waals surface area contributed by atoms with Crippen molar-refractivity contribution < 1.29 is 14.5 Å². The molecule has 138 valence electrons. The zero-order valence-electron chi connectivity index (χ0n) is 14.7. The molecule has 0 spiro atoms. The second-order valence-electron chi connectivity index (χ2n) is 6.27. The quantitative estimate of drug-likeness (QED) is 0.384. The first kappa shape index (κ1) is 17.4. The highest BCUT2D eigenvalue weighted by Gasteiger charge is 2.37. The fourth-order valence-corrected chi connectivity index (χ4v) is 3.19. The number of nitro benzene ring substituents is 1. The minimum atomic E-state index is -0.582. The zero-order chi connectivity index (χ0) is 19.7. The van der Waals surface area contributed by atoms with E-state index in [1.54, 1.807) is 0 Å². The van der Waals surface area contributed by atoms with Crippen molar-refractivity contribution in [3.05, 3.63) is 100 Å². The average molecular weight is 373 g/mol. The highest BCUT2D eigenvalue weighted by atomic mass is 16.6. The number of carbonyl (C=O) groups is 2. The van der Waals surface area contributed by atoms with Gasteiger partial charge in [0.2, 0.25) is 0 Å². The van der Waals surface area contributed by atoms with Crippen LogP contribution in [0, 0.1) is 10.1 Å². The average Bonchev–Trinajstić information content (AvgIpc) is 2.97. The monoisotopic (exact) mass is 373 g/mol. The van der Waals surface area contributed by atoms with Crippen LogP contribution in [-0.4, -0.2) is 28.3 Å². The van der Waals surface area contributed by atoms with E-state index in [1.165, 1.54) is 12.1 Å². The van der Waals surface area contributed by atoms with Crippen LogP contribution in [0.3, 0.4) is 0 Å². The third kappa shape index (κ3) is 2.99. The summed E-state index contributed by atoms with van der Waals surface area (Å²) in [4.78, 5) is 39.0. The van der Waals surface area contributed by atoms with Crippen molar-refractivity contribution in [3.8, 4) is 0 Å². The summed E-state index contributed by atoms with van der Waals surface area (Å²) in [7, 11) is 0. The Labute approximate surface area is 160 Å². The van der Waals surface area contributed by atoms with Crippen LogP contribution in [0.4, 0.5) is 17.1 Å². The number of para-hydroxylation sites is 2. The molecule has 0 atom stereocenters. The molecule has 0 unspecified atom stereocenters. The topological polar surface area (TPSA) is 83.8 Å². The van der Waals surface area contributed by atoms with E-state index in [2.05, 4.69) is 0 Å². The minimum Gasteiger partial charge on any atom is -0.323 e. The molecule has 3 aromatic carbocycles. The molecule has 0 fully saturated rings. The fourth-order valence-electron chi connectivity index (χ4n) is 3.19. The Bertz CT molecular complexity index is 1030. The number of imide groups is 1. The first-order valence-electron chi connectivity index (χ1n) is 8.58. The molecular formula is C21H15N3O4. The van der Waals surface area contributed by atoms with Gasteiger partial charge in [-0.1, -0.05) is 36.4 Å². The molecule has 0 aliphatic carbocycles. The number of amides is 2. The van der Waals surface area contributed by atoms with Gasteiger partial charge < -0.3 is 4.90 Å². The standard InChI is InChI=1S/C21H15N3O4/c25-20-18-12-11-17(24(27)28)13-19(18)21(26)23(20)14-22(15-7-3-1-4-8-15)16-9-5-2-6-10-16/h1-13H,14H2. The third-order valence-corrected chi connectivity index (χ3v) is 4.58. The van der Waals surface area contributed by atoms with Crippen LogP contribution < -0.4 is 4.90 Å². The van der Waals surface area contributed by atoms with E-state index in [0.717, 1.165) is 22.3 Å². The molecular weight excluding hydrogens is 358 g/mol. The first-order chi connectivity index (χ1) is 13.6. The molecule has 1 heterocycles. The minimum absolute atomic E-state index is 0.00578. The number of rotatable bonds is 5. The maximum absolute atomic E-state index is 12.8. The van der Waals surface area contributed by atoms with Gasteiger partial charge in [-0.15, -0.1) is 0 Å². The molecule has 0 aromatic heterocycles. The van der Waals surface area contributed by atoms with E-state index >= 15 is 0 Å². The Kier molecular flexibility index (Phi) is 4.33. The number of benzene rings is 3. The van der Waals surface area contributed by atoms with Crippen LogP contribution in [0.5, 0.6) is 0 Å². The molecule has 0 radical (unpaired) electrons. The van der Waals surface area contributed by atoms with Crippen molar-refractivity contribution in [2.75, 3.05) is 11.6 Å². The van der Waals surface area contributed by atoms with E-state index in [9.17, 15) is 19.7 Å². The van der Waals surface area contributed by atoms with Crippen molar-refractivity contribution in [1.29, 1.82) is 0 Å². The lowest BCUT2D eigenvalue weighted by atomic mass is 10.1. The second-order valence-corrected chi connectivity index (χ2v) is 6.27. The Balaban J connectivity index is 1.71. The van der Waals surface area contributed by atoms with Gasteiger partial charge in [0, 0.05) is 23.5 Å². The van der Waals surface area contributed by atoms with Gasteiger partial charge in [-0.25, -0.2) is 0 Å². The number of hydrogen-bond acceptors (Lipinski definition) is 5. The molecule has 2 amide bonds. The predicted octanol–water partition coefficient (Wildman–Crippen LogP) is 3.99. The molecule has 7 heteroatoms. The van der Waals surface area contributed by atoms with Crippen molar-refractivity contribution in [2.45, 2.75) is 0 Å². The van der Waals surface area contributed by atoms with Crippen molar-refractivity contribution in [1.82, 2.24) is 4.90 Å². The van der Waals surface area contributed by atoms with Crippen molar-refractivity contribution in [3.63, 3.8) is 0 Å². The summed E-state index contributed by atoms with van der Waals surface area (Å²) >= 11 is 0. The van der Waals surface area contributed by atoms with Crippen molar-refractivity contribution in [2.24, 2.45) is 0 Å². The summed E-state index contributed by atoms with van der Waals surface area (Å²) in [5.74, 6) is -1.01. The lowest BCUT2D eigenvalue weighted by molar-refractivity contribution is -0.384. The normalized spacial score (nSPS) is 12.8. The summed E-state index contributed by atoms with van der Waals surface area (Å²) in [5, 5.41) is 11.0. The van der Waals surface area contributed by atoms with Crippen LogP contribution in [0.15, 0.2) is 78.9 Å². The van der Waals surface area contributed by atoms with Gasteiger partial charge in [0.05, 0.1) is 16.1 Å². The number of non-ortho nitro benzene ring substituents is 1. The third-order valence-electron chi connectivity index (χ3n) is 4.58. The highest BCUT2D eigenvalue weighted by molar-refractivity contribution is 6.21. The number of hydrogen-bond donors (Lipinski definition) is 0. The lowest BCUT2D eigenvalue weighted by Gasteiger charge is -2.28. The lowest BCUT2D eigenvalue weighted by Crippen LogP contribution is -2.39. The van der Waals surface area contributed by atoms with Crippen LogP contribution >= 0.6 is 0 Å². The maximum Gasteiger partial charge on any atom is 0.270 e. The van der Waals surface area contributed by atoms with Gasteiger partial charge in [0.1, 0.15) is 6.67 Å². The van der Waals surface area contributed by atoms with Gasteiger partial charge in [-0.2, -0.15) is 0 Å². The van der Waals surface area contributed by atoms with E-state index < -0.39 is 16.7 Å². The second kappa shape index (κ2) is 6.96. The Morgan fingerprint density at radius 1 is 0.786 bits per heavy atom. The number of nitrogens with zero attached hydrogens (tertiary/aromatic N) is 3. The number of nitro groups is 1. The number of anilines is 2. The molecule has 28 heavy (non-hydrogen) atoms. The van der Waals surface area contributed by atoms with Crippen LogP contribution in [0.2, 0.25) is 0 Å². The molecule has 3 aromatic rings. The van der Waals surface area contributed by atoms with Gasteiger partial charge in [-0.05, 0) is 30.3 Å². The van der Waals surface area contributed by atoms with E-state index in [1.807, 2.05) is 65.6 Å². The maximum atomic E-state index is 12.8. The molecule has 0 N–H and O–H groups in total. The molecule has 0 saturated carbocycles. The Morgan fingerprint density at radius 2 is 1.32 bits per heavy atom. The Morgan fingerprint density at radius 3 is 1.86 bits per heavy atom. The molecule has 4 rings (SSSR count). The van der Waals surface area contributed by atoms with Gasteiger partial charge in [0.15, 0.2) is 0 Å². The summed E-state index contributed by atoms with van der Waals surface area (Å²) in [5.41, 5.74) is 1.65. The van der Waals surface area contributed by atoms with E-state index in [-0.39, 0.29) is 23.5 Å². The summed E-state index contributed by atoms with van der Waals surface area (Å²) in [6.45, 7) is -0.00578. The SMILES string of the molecule is O=C1c2ccc([N+](=O)[O-])cc2C(=O)N1CN(c1ccccc1)c1ccccc1. The smallest absolute Gasteiger partial charge is 0.270 e. The summed E-state index contributed by atoms with van der Waals surface area (Å²) < 4.78 is 0. The molecule has 7 nitrogen and oxygen atoms in total. The Hall–Kier alpha value is -4.00. The molecule has 1 aliphatic heterocycles. The molecule has 0 bridgehead atoms. The number of fused-ring (bicyclic) bond motifs is 1. The van der Waals surface area contributed by atoms with Crippen LogP contribution in [0.1, 0.15) is 20.7 Å². The number of carbonyl (C=O) groups excluding carboxylic acids is 2. The van der Waals surface area contributed by atoms with Gasteiger partial charge in [-0.3, -0.25) is 24.6 Å². The van der Waals surface area contributed by atoms with E-state index in [4.69, 9.17) is 0 Å². The summed E-state index contributed by atoms with van der Waals surface area (Å²) in [6, 6.07) is 22.5. The first-order valence-corrected chi connectivity index (χ1v) is 8.58. The fraction of sp³-hybridized carbons (Fsp3) is 0.0476. The van der Waals surface area contributed by atoms with Crippen molar-refractivity contribution >= 4 is 28.9 Å². The molecule has 0 saturated heterocycles. The largest absolute Gasteiger partial charge is 0.323 e. The van der Waals surface area contributed by atoms with E-state index in [0.29, 0.717) is 0 Å². The predicted molar refractivity (Wildman–Crippen MR) is 103 cm³/mol. The molecule has 1 aliphatic rings. The highest BCUT2D eigenvalue weighted by Crippen LogP contribution is 2.30. The summed E-state index contributed by atoms with van der Waals surface area (Å²) in [6.07, 6.45) is 0. The van der Waals surface area contributed by atoms with Gasteiger partial charge in [0.25, 0.3) is 17.5 Å². The van der Waals surface area contributed by atoms with Crippen LogP contribution in [0.25, 0.3) is 0 Å². The van der Waals surface area contributed by atoms with Crippen LogP contribution in [-0.2, 0) is 0 Å².